The van der Waals surface area contributed by atoms with E-state index < -0.39 is 0 Å². The fourth-order valence-electron chi connectivity index (χ4n) is 0.805. The number of nitrogens with one attached hydrogen (secondary N) is 1. The van der Waals surface area contributed by atoms with E-state index in [0.717, 1.165) is 6.54 Å². The van der Waals surface area contributed by atoms with Gasteiger partial charge in [-0.25, -0.2) is 4.98 Å². The molecule has 0 aliphatic carbocycles. The molecule has 9 heteroatoms. The number of hydrogen-bond donors (Lipinski definition) is 1. The minimum absolute atomic E-state index is 0. The van der Waals surface area contributed by atoms with Gasteiger partial charge >= 0.3 is 0 Å². The van der Waals surface area contributed by atoms with Gasteiger partial charge in [0.15, 0.2) is 5.95 Å². The third kappa shape index (κ3) is 10.9. The molecule has 78 valence electrons. The van der Waals surface area contributed by atoms with E-state index in [9.17, 15) is 0 Å². The van der Waals surface area contributed by atoms with Crippen LogP contribution in [0.2, 0.25) is 0 Å². The van der Waals surface area contributed by atoms with E-state index in [1.165, 1.54) is 0 Å². The third-order valence-corrected chi connectivity index (χ3v) is 1.27. The van der Waals surface area contributed by atoms with Gasteiger partial charge in [-0.2, -0.15) is 0 Å². The van der Waals surface area contributed by atoms with E-state index in [1.54, 1.807) is 7.05 Å². The maximum atomic E-state index is 4.08. The normalized spacial score (nSPS) is 7.19. The molecule has 0 unspecified atom stereocenters. The molecule has 0 fully saturated rings. The summed E-state index contributed by atoms with van der Waals surface area (Å²) in [6.45, 7) is 4.60. The van der Waals surface area contributed by atoms with Gasteiger partial charge in [-0.15, -0.1) is 0 Å². The third-order valence-electron chi connectivity index (χ3n) is 1.27. The second-order valence-electron chi connectivity index (χ2n) is 2.26. The summed E-state index contributed by atoms with van der Waals surface area (Å²) in [5, 5.41) is 6.87. The first-order chi connectivity index (χ1) is 5.76. The van der Waals surface area contributed by atoms with Gasteiger partial charge in [0.2, 0.25) is 0 Å². The maximum absolute atomic E-state index is 4.08. The Morgan fingerprint density at radius 1 is 1.06 bits per heavy atom. The second-order valence-corrected chi connectivity index (χ2v) is 2.26. The van der Waals surface area contributed by atoms with Crippen LogP contribution in [0, 0.1) is 6.92 Å². The van der Waals surface area contributed by atoms with Gasteiger partial charge in [-0.1, -0.05) is 0 Å². The summed E-state index contributed by atoms with van der Waals surface area (Å²) in [5.41, 5.74) is 0. The van der Waals surface area contributed by atoms with Crippen molar-refractivity contribution in [1.82, 2.24) is 15.0 Å². The molecule has 0 saturated carbocycles. The van der Waals surface area contributed by atoms with Crippen LogP contribution in [0.15, 0.2) is 0 Å². The molecular formula is C7H12N5Y4-. The molecule has 0 saturated heterocycles. The minimum Gasteiger partial charge on any atom is -0.397 e. The van der Waals surface area contributed by atoms with Crippen molar-refractivity contribution < 1.29 is 131 Å². The molecule has 0 spiro atoms. The molecule has 0 aromatic carbocycles. The fourth-order valence-corrected chi connectivity index (χ4v) is 0.805. The predicted molar refractivity (Wildman–Crippen MR) is 47.7 cm³/mol. The van der Waals surface area contributed by atoms with E-state index in [1.807, 2.05) is 13.8 Å². The number of aromatic nitrogens is 3. The number of nitrogens with zero attached hydrogens (tertiary/aromatic N) is 4. The van der Waals surface area contributed by atoms with E-state index in [0.29, 0.717) is 17.7 Å². The van der Waals surface area contributed by atoms with Gasteiger partial charge in [0.05, 0.1) is 5.82 Å². The van der Waals surface area contributed by atoms with E-state index in [4.69, 9.17) is 0 Å². The van der Waals surface area contributed by atoms with Crippen molar-refractivity contribution in [2.24, 2.45) is 0 Å². The summed E-state index contributed by atoms with van der Waals surface area (Å²) in [6.07, 6.45) is 0. The van der Waals surface area contributed by atoms with Crippen molar-refractivity contribution in [1.29, 1.82) is 0 Å². The zero-order valence-corrected chi connectivity index (χ0v) is 21.2. The zero-order chi connectivity index (χ0) is 8.97. The van der Waals surface area contributed by atoms with Gasteiger partial charge in [-0.3, -0.25) is 0 Å². The summed E-state index contributed by atoms with van der Waals surface area (Å²) in [6, 6.07) is 0. The SMILES string of the molecule is CCNc1nc(C)nc([N-]C)n1.[Y].[Y].[Y].[Y]. The molecule has 1 aromatic heterocycles. The van der Waals surface area contributed by atoms with Crippen molar-refractivity contribution in [2.45, 2.75) is 13.8 Å². The smallest absolute Gasteiger partial charge is 0.151 e. The molecule has 0 amide bonds. The Hall–Kier alpha value is 3.03. The summed E-state index contributed by atoms with van der Waals surface area (Å²) in [5.74, 6) is 1.74. The van der Waals surface area contributed by atoms with Crippen LogP contribution in [0.25, 0.3) is 5.32 Å². The maximum Gasteiger partial charge on any atom is 0.151 e. The average Bonchev–Trinajstić information content (AvgIpc) is 2.04. The van der Waals surface area contributed by atoms with Crippen LogP contribution in [0.4, 0.5) is 11.9 Å². The van der Waals surface area contributed by atoms with Gasteiger partial charge in [0.25, 0.3) is 0 Å². The molecule has 5 nitrogen and oxygen atoms in total. The Bertz CT molecular complexity index is 273. The van der Waals surface area contributed by atoms with Crippen molar-refractivity contribution >= 4 is 11.9 Å². The summed E-state index contributed by atoms with van der Waals surface area (Å²) < 4.78 is 0. The van der Waals surface area contributed by atoms with Crippen LogP contribution >= 0.6 is 0 Å². The Morgan fingerprint density at radius 2 is 1.62 bits per heavy atom. The minimum atomic E-state index is 0. The summed E-state index contributed by atoms with van der Waals surface area (Å²) >= 11 is 0. The van der Waals surface area contributed by atoms with Crippen LogP contribution in [-0.2, 0) is 131 Å². The zero-order valence-electron chi connectivity index (χ0n) is 9.81. The molecule has 1 heterocycles. The monoisotopic (exact) mass is 522 g/mol. The molecule has 1 aromatic rings. The van der Waals surface area contributed by atoms with Gasteiger partial charge in [0.1, 0.15) is 0 Å². The molecule has 0 aliphatic rings. The Labute approximate surface area is 197 Å². The standard InChI is InChI=1S/C7H12N5.4Y/c1-4-9-7-11-5(2)10-6(8-3)12-7;;;;/h4H2,1-3H3,(H-,8,9,10,11,12);;;;/q-1;;;;. The summed E-state index contributed by atoms with van der Waals surface area (Å²) in [7, 11) is 1.66. The van der Waals surface area contributed by atoms with Crippen LogP contribution < -0.4 is 5.32 Å². The first-order valence-corrected chi connectivity index (χ1v) is 3.82. The van der Waals surface area contributed by atoms with Crippen LogP contribution in [0.5, 0.6) is 0 Å². The van der Waals surface area contributed by atoms with Crippen molar-refractivity contribution in [3.8, 4) is 0 Å². The largest absolute Gasteiger partial charge is 0.397 e. The quantitative estimate of drug-likeness (QED) is 0.650. The molecule has 0 atom stereocenters. The fraction of sp³-hybridized carbons (Fsp3) is 0.571. The second kappa shape index (κ2) is 16.1. The van der Waals surface area contributed by atoms with E-state index in [-0.39, 0.29) is 131 Å². The average molecular weight is 522 g/mol. The van der Waals surface area contributed by atoms with Crippen molar-refractivity contribution in [3.05, 3.63) is 11.1 Å². The van der Waals surface area contributed by atoms with E-state index in [2.05, 4.69) is 25.6 Å². The van der Waals surface area contributed by atoms with Crippen LogP contribution in [0.1, 0.15) is 12.7 Å². The first-order valence-electron chi connectivity index (χ1n) is 3.82. The molecule has 0 aliphatic heterocycles. The molecule has 1 N–H and O–H groups in total. The number of aryl methyl sites for hydroxylation is 1. The number of hydrogen-bond acceptors (Lipinski definition) is 4. The van der Waals surface area contributed by atoms with Crippen molar-refractivity contribution in [2.75, 3.05) is 18.9 Å². The molecule has 4 radical (unpaired) electrons. The molecule has 16 heavy (non-hydrogen) atoms. The topological polar surface area (TPSA) is 64.8 Å². The van der Waals surface area contributed by atoms with E-state index >= 15 is 0 Å². The first kappa shape index (κ1) is 27.4. The van der Waals surface area contributed by atoms with Gasteiger partial charge in [0, 0.05) is 143 Å². The Morgan fingerprint density at radius 3 is 2.06 bits per heavy atom. The van der Waals surface area contributed by atoms with Crippen molar-refractivity contribution in [3.63, 3.8) is 0 Å². The van der Waals surface area contributed by atoms with Crippen LogP contribution in [-0.4, -0.2) is 28.5 Å². The Kier molecular flexibility index (Phi) is 27.5. The van der Waals surface area contributed by atoms with Gasteiger partial charge in [-0.05, 0) is 20.9 Å². The van der Waals surface area contributed by atoms with Crippen LogP contribution in [0.3, 0.4) is 0 Å². The van der Waals surface area contributed by atoms with Gasteiger partial charge < -0.3 is 20.6 Å². The number of anilines is 1. The number of rotatable bonds is 3. The predicted octanol–water partition coefficient (Wildman–Crippen LogP) is 1.24. The summed E-state index contributed by atoms with van der Waals surface area (Å²) in [4.78, 5) is 12.1. The Balaban J connectivity index is -0.000000180. The molecule has 1 rings (SSSR count). The molecular weight excluding hydrogens is 510 g/mol. The molecule has 0 bridgehead atoms.